The second-order valence-electron chi connectivity index (χ2n) is 6.49. The van der Waals surface area contributed by atoms with E-state index in [1.165, 1.54) is 0 Å². The first-order chi connectivity index (χ1) is 13.5. The van der Waals surface area contributed by atoms with Gasteiger partial charge < -0.3 is 15.3 Å². The lowest BCUT2D eigenvalue weighted by Crippen LogP contribution is -2.37. The first-order valence-electron chi connectivity index (χ1n) is 9.13. The molecule has 0 radical (unpaired) electrons. The smallest absolute Gasteiger partial charge is 0.471 e. The van der Waals surface area contributed by atoms with Crippen LogP contribution in [0.5, 0.6) is 0 Å². The first kappa shape index (κ1) is 25.1. The van der Waals surface area contributed by atoms with Gasteiger partial charge in [0.25, 0.3) is 0 Å². The molecule has 1 amide bonds. The van der Waals surface area contributed by atoms with Gasteiger partial charge in [0, 0.05) is 6.54 Å². The Kier molecular flexibility index (Phi) is 10.4. The molecule has 1 unspecified atom stereocenters. The molecule has 1 rings (SSSR count). The zero-order chi connectivity index (χ0) is 21.9. The van der Waals surface area contributed by atoms with Gasteiger partial charge >= 0.3 is 25.6 Å². The number of hydrogen-bond donors (Lipinski definition) is 3. The molecule has 0 spiro atoms. The van der Waals surface area contributed by atoms with Gasteiger partial charge in [-0.1, -0.05) is 30.3 Å². The topological polar surface area (TPSA) is 113 Å². The fraction of sp³-hybridized carbons (Fsp3) is 0.556. The molecular weight excluding hydrogens is 414 g/mol. The van der Waals surface area contributed by atoms with Crippen molar-refractivity contribution in [1.82, 2.24) is 5.32 Å². The maximum absolute atomic E-state index is 12.1. The zero-order valence-electron chi connectivity index (χ0n) is 15.7. The predicted octanol–water partition coefficient (Wildman–Crippen LogP) is 3.51. The number of carbonyl (C=O) groups is 2. The molecule has 0 saturated carbocycles. The van der Waals surface area contributed by atoms with Crippen LogP contribution >= 0.6 is 7.60 Å². The maximum Gasteiger partial charge on any atom is 0.471 e. The largest absolute Gasteiger partial charge is 0.479 e. The second kappa shape index (κ2) is 11.9. The normalized spacial score (nSPS) is 14.8. The summed E-state index contributed by atoms with van der Waals surface area (Å²) < 4.78 is 53.1. The lowest BCUT2D eigenvalue weighted by atomic mass is 10.1. The van der Waals surface area contributed by atoms with Crippen molar-refractivity contribution in [2.24, 2.45) is 0 Å². The van der Waals surface area contributed by atoms with Crippen molar-refractivity contribution in [2.45, 2.75) is 50.8 Å². The van der Waals surface area contributed by atoms with Crippen LogP contribution in [0.2, 0.25) is 0 Å². The molecular formula is C18H25F3NO6P. The Morgan fingerprint density at radius 2 is 1.76 bits per heavy atom. The van der Waals surface area contributed by atoms with E-state index in [4.69, 9.17) is 9.63 Å². The van der Waals surface area contributed by atoms with E-state index in [0.29, 0.717) is 19.3 Å². The molecule has 11 heteroatoms. The van der Waals surface area contributed by atoms with Crippen molar-refractivity contribution >= 4 is 19.5 Å². The Morgan fingerprint density at radius 1 is 1.10 bits per heavy atom. The summed E-state index contributed by atoms with van der Waals surface area (Å²) in [5, 5.41) is 10.8. The first-order valence-corrected chi connectivity index (χ1v) is 10.9. The number of rotatable bonds is 13. The number of hydrogen-bond acceptors (Lipinski definition) is 4. The zero-order valence-corrected chi connectivity index (χ0v) is 16.6. The average Bonchev–Trinajstić information content (AvgIpc) is 2.63. The van der Waals surface area contributed by atoms with Crippen molar-refractivity contribution in [3.63, 3.8) is 0 Å². The van der Waals surface area contributed by atoms with Crippen LogP contribution in [0.15, 0.2) is 30.3 Å². The van der Waals surface area contributed by atoms with E-state index in [0.717, 1.165) is 5.56 Å². The van der Waals surface area contributed by atoms with Gasteiger partial charge in [0.1, 0.15) is 0 Å². The van der Waals surface area contributed by atoms with Gasteiger partial charge in [-0.05, 0) is 44.1 Å². The summed E-state index contributed by atoms with van der Waals surface area (Å²) in [5.74, 6) is -3.50. The molecule has 0 aromatic heterocycles. The fourth-order valence-electron chi connectivity index (χ4n) is 2.52. The molecule has 1 aromatic carbocycles. The third kappa shape index (κ3) is 11.0. The summed E-state index contributed by atoms with van der Waals surface area (Å²) in [4.78, 5) is 31.8. The number of halogens is 3. The minimum Gasteiger partial charge on any atom is -0.479 e. The number of carbonyl (C=O) groups excluding carboxylic acids is 1. The number of carboxylic acid groups (broad SMARTS) is 1. The quantitative estimate of drug-likeness (QED) is 0.320. The van der Waals surface area contributed by atoms with Crippen LogP contribution in [-0.4, -0.2) is 46.9 Å². The van der Waals surface area contributed by atoms with Crippen LogP contribution in [0.4, 0.5) is 13.2 Å². The number of amides is 1. The van der Waals surface area contributed by atoms with Gasteiger partial charge in [-0.3, -0.25) is 13.9 Å². The highest BCUT2D eigenvalue weighted by molar-refractivity contribution is 7.52. The van der Waals surface area contributed by atoms with Crippen LogP contribution in [0.1, 0.15) is 37.7 Å². The summed E-state index contributed by atoms with van der Waals surface area (Å²) in [6.45, 7) is -0.291. The van der Waals surface area contributed by atoms with E-state index in [9.17, 15) is 32.2 Å². The van der Waals surface area contributed by atoms with E-state index < -0.39 is 31.8 Å². The van der Waals surface area contributed by atoms with E-state index in [-0.39, 0.29) is 32.0 Å². The third-order valence-electron chi connectivity index (χ3n) is 4.00. The lowest BCUT2D eigenvalue weighted by molar-refractivity contribution is -0.173. The molecule has 1 aromatic rings. The fourth-order valence-corrected chi connectivity index (χ4v) is 3.84. The monoisotopic (exact) mass is 439 g/mol. The number of aryl methyl sites for hydroxylation is 1. The van der Waals surface area contributed by atoms with E-state index in [2.05, 4.69) is 0 Å². The Hall–Kier alpha value is -1.90. The average molecular weight is 439 g/mol. The molecule has 2 atom stereocenters. The highest BCUT2D eigenvalue weighted by Gasteiger charge is 2.38. The second-order valence-corrected chi connectivity index (χ2v) is 8.42. The molecule has 0 heterocycles. The van der Waals surface area contributed by atoms with Crippen molar-refractivity contribution in [3.8, 4) is 0 Å². The predicted molar refractivity (Wildman–Crippen MR) is 99.5 cm³/mol. The van der Waals surface area contributed by atoms with Gasteiger partial charge in [-0.25, -0.2) is 4.79 Å². The van der Waals surface area contributed by atoms with E-state index in [1.54, 1.807) is 5.32 Å². The molecule has 0 bridgehead atoms. The van der Waals surface area contributed by atoms with Gasteiger partial charge in [-0.15, -0.1) is 0 Å². The Morgan fingerprint density at radius 3 is 2.34 bits per heavy atom. The standard InChI is InChI=1S/C18H25F3NO6P/c19-18(20,21)17(25)22-12-6-4-11-15(16(23)24)28-29(26,27)13-7-5-10-14-8-2-1-3-9-14/h1-3,8-9,15H,4-7,10-13H2,(H,22,25)(H,23,24)(H,26,27)/t15-/m0/s1. The minimum absolute atomic E-state index is 0.0712. The van der Waals surface area contributed by atoms with E-state index in [1.807, 2.05) is 30.3 Å². The molecule has 0 aliphatic rings. The van der Waals surface area contributed by atoms with Crippen molar-refractivity contribution in [1.29, 1.82) is 0 Å². The van der Waals surface area contributed by atoms with Gasteiger partial charge in [-0.2, -0.15) is 13.2 Å². The van der Waals surface area contributed by atoms with Crippen LogP contribution < -0.4 is 5.32 Å². The number of alkyl halides is 3. The molecule has 3 N–H and O–H groups in total. The van der Waals surface area contributed by atoms with Crippen LogP contribution in [0, 0.1) is 0 Å². The van der Waals surface area contributed by atoms with Crippen molar-refractivity contribution in [3.05, 3.63) is 35.9 Å². The Bertz CT molecular complexity index is 699. The summed E-state index contributed by atoms with van der Waals surface area (Å²) in [6, 6.07) is 9.54. The Balaban J connectivity index is 2.32. The molecule has 7 nitrogen and oxygen atoms in total. The molecule has 0 saturated heterocycles. The third-order valence-corrected chi connectivity index (χ3v) is 5.47. The lowest BCUT2D eigenvalue weighted by Gasteiger charge is -2.18. The molecule has 0 fully saturated rings. The number of benzene rings is 1. The molecule has 0 aliphatic heterocycles. The van der Waals surface area contributed by atoms with Crippen LogP contribution in [-0.2, 0) is 25.1 Å². The maximum atomic E-state index is 12.1. The number of carboxylic acids is 1. The SMILES string of the molecule is O=C(O)[C@H](CCCCNC(=O)C(F)(F)F)OP(=O)(O)CCCCc1ccccc1. The summed E-state index contributed by atoms with van der Waals surface area (Å²) in [5.41, 5.74) is 1.09. The molecule has 29 heavy (non-hydrogen) atoms. The Labute approximate surface area is 166 Å². The number of aliphatic carboxylic acids is 1. The summed E-state index contributed by atoms with van der Waals surface area (Å²) in [6.07, 6.45) is -4.98. The highest BCUT2D eigenvalue weighted by atomic mass is 31.2. The molecule has 0 aliphatic carbocycles. The molecule has 164 valence electrons. The van der Waals surface area contributed by atoms with E-state index >= 15 is 0 Å². The van der Waals surface area contributed by atoms with Crippen molar-refractivity contribution < 1.29 is 41.8 Å². The van der Waals surface area contributed by atoms with Crippen LogP contribution in [0.25, 0.3) is 0 Å². The van der Waals surface area contributed by atoms with Crippen molar-refractivity contribution in [2.75, 3.05) is 12.7 Å². The highest BCUT2D eigenvalue weighted by Crippen LogP contribution is 2.45. The summed E-state index contributed by atoms with van der Waals surface area (Å²) in [7, 11) is -4.12. The number of unbranched alkanes of at least 4 members (excludes halogenated alkanes) is 2. The number of nitrogens with one attached hydrogen (secondary N) is 1. The minimum atomic E-state index is -4.98. The van der Waals surface area contributed by atoms with Crippen LogP contribution in [0.3, 0.4) is 0 Å². The van der Waals surface area contributed by atoms with Gasteiger partial charge in [0.15, 0.2) is 6.10 Å². The van der Waals surface area contributed by atoms with Gasteiger partial charge in [0.2, 0.25) is 0 Å². The summed E-state index contributed by atoms with van der Waals surface area (Å²) >= 11 is 0. The van der Waals surface area contributed by atoms with Gasteiger partial charge in [0.05, 0.1) is 6.16 Å².